The van der Waals surface area contributed by atoms with Crippen LogP contribution in [0.5, 0.6) is 0 Å². The Hall–Kier alpha value is -3.18. The van der Waals surface area contributed by atoms with Crippen molar-refractivity contribution >= 4 is 45.9 Å². The fourth-order valence-electron chi connectivity index (χ4n) is 2.83. The SMILES string of the molecule is CCOC(=O)c1c(NC(=O)CSc2ncc(-c3ccc(F)cc3)[nH]2)sc(C(=O)NC)c1C. The van der Waals surface area contributed by atoms with E-state index in [4.69, 9.17) is 4.74 Å². The van der Waals surface area contributed by atoms with Gasteiger partial charge in [0.2, 0.25) is 5.91 Å². The summed E-state index contributed by atoms with van der Waals surface area (Å²) in [5.74, 6) is -1.63. The summed E-state index contributed by atoms with van der Waals surface area (Å²) >= 11 is 2.19. The van der Waals surface area contributed by atoms with E-state index in [2.05, 4.69) is 20.6 Å². The first-order valence-electron chi connectivity index (χ1n) is 9.60. The van der Waals surface area contributed by atoms with E-state index in [0.29, 0.717) is 21.3 Å². The van der Waals surface area contributed by atoms with Gasteiger partial charge in [0.1, 0.15) is 10.8 Å². The summed E-state index contributed by atoms with van der Waals surface area (Å²) in [6.45, 7) is 3.48. The highest BCUT2D eigenvalue weighted by Crippen LogP contribution is 2.34. The minimum Gasteiger partial charge on any atom is -0.462 e. The summed E-state index contributed by atoms with van der Waals surface area (Å²) in [5, 5.41) is 5.99. The van der Waals surface area contributed by atoms with Gasteiger partial charge < -0.3 is 20.4 Å². The highest BCUT2D eigenvalue weighted by atomic mass is 32.2. The number of thioether (sulfide) groups is 1. The Kier molecular flexibility index (Phi) is 7.65. The normalized spacial score (nSPS) is 10.6. The van der Waals surface area contributed by atoms with Crippen molar-refractivity contribution in [3.63, 3.8) is 0 Å². The van der Waals surface area contributed by atoms with E-state index >= 15 is 0 Å². The van der Waals surface area contributed by atoms with E-state index in [-0.39, 0.29) is 40.6 Å². The van der Waals surface area contributed by atoms with Gasteiger partial charge in [0.15, 0.2) is 5.16 Å². The Morgan fingerprint density at radius 2 is 1.97 bits per heavy atom. The lowest BCUT2D eigenvalue weighted by Gasteiger charge is -2.06. The number of H-pyrrole nitrogens is 1. The predicted octanol–water partition coefficient (Wildman–Crippen LogP) is 3.85. The third-order valence-corrected chi connectivity index (χ3v) is 6.45. The van der Waals surface area contributed by atoms with Crippen LogP contribution in [0.1, 0.15) is 32.5 Å². The molecule has 1 aromatic carbocycles. The van der Waals surface area contributed by atoms with Crippen LogP contribution in [0, 0.1) is 12.7 Å². The molecule has 0 radical (unpaired) electrons. The number of hydrogen-bond acceptors (Lipinski definition) is 7. The first-order valence-corrected chi connectivity index (χ1v) is 11.4. The fourth-order valence-corrected chi connectivity index (χ4v) is 4.64. The second-order valence-corrected chi connectivity index (χ2v) is 8.49. The number of benzene rings is 1. The molecular formula is C21H21FN4O4S2. The maximum absolute atomic E-state index is 13.1. The first-order chi connectivity index (χ1) is 15.3. The Morgan fingerprint density at radius 1 is 1.25 bits per heavy atom. The number of carbonyl (C=O) groups is 3. The first kappa shape index (κ1) is 23.5. The Balaban J connectivity index is 1.70. The molecule has 8 nitrogen and oxygen atoms in total. The molecule has 32 heavy (non-hydrogen) atoms. The van der Waals surface area contributed by atoms with Crippen molar-refractivity contribution in [1.82, 2.24) is 15.3 Å². The van der Waals surface area contributed by atoms with E-state index in [1.165, 1.54) is 30.9 Å². The van der Waals surface area contributed by atoms with Gasteiger partial charge in [-0.15, -0.1) is 11.3 Å². The predicted molar refractivity (Wildman–Crippen MR) is 122 cm³/mol. The van der Waals surface area contributed by atoms with Crippen LogP contribution in [0.15, 0.2) is 35.6 Å². The summed E-state index contributed by atoms with van der Waals surface area (Å²) in [5.41, 5.74) is 2.09. The molecule has 0 atom stereocenters. The summed E-state index contributed by atoms with van der Waals surface area (Å²) in [6.07, 6.45) is 1.60. The van der Waals surface area contributed by atoms with Crippen molar-refractivity contribution in [3.8, 4) is 11.3 Å². The highest BCUT2D eigenvalue weighted by molar-refractivity contribution is 7.99. The van der Waals surface area contributed by atoms with Crippen molar-refractivity contribution in [2.24, 2.45) is 0 Å². The third-order valence-electron chi connectivity index (χ3n) is 4.36. The van der Waals surface area contributed by atoms with Crippen molar-refractivity contribution < 1.29 is 23.5 Å². The zero-order chi connectivity index (χ0) is 23.3. The molecule has 11 heteroatoms. The van der Waals surface area contributed by atoms with Gasteiger partial charge in [-0.25, -0.2) is 14.2 Å². The van der Waals surface area contributed by atoms with Crippen LogP contribution in [0.4, 0.5) is 9.39 Å². The van der Waals surface area contributed by atoms with Crippen LogP contribution in [0.25, 0.3) is 11.3 Å². The number of nitrogens with one attached hydrogen (secondary N) is 3. The molecule has 0 aliphatic carbocycles. The average Bonchev–Trinajstić information content (AvgIpc) is 3.37. The molecule has 3 rings (SSSR count). The number of aromatic amines is 1. The number of hydrogen-bond donors (Lipinski definition) is 3. The van der Waals surface area contributed by atoms with Gasteiger partial charge in [0.25, 0.3) is 5.91 Å². The molecule has 2 amide bonds. The summed E-state index contributed by atoms with van der Waals surface area (Å²) in [7, 11) is 1.49. The molecular weight excluding hydrogens is 455 g/mol. The maximum Gasteiger partial charge on any atom is 0.341 e. The van der Waals surface area contributed by atoms with E-state index in [0.717, 1.165) is 16.9 Å². The zero-order valence-corrected chi connectivity index (χ0v) is 19.2. The van der Waals surface area contributed by atoms with Crippen molar-refractivity contribution in [3.05, 3.63) is 52.3 Å². The van der Waals surface area contributed by atoms with Crippen molar-refractivity contribution in [2.75, 3.05) is 24.7 Å². The molecule has 3 N–H and O–H groups in total. The van der Waals surface area contributed by atoms with Gasteiger partial charge in [0, 0.05) is 7.05 Å². The van der Waals surface area contributed by atoms with Gasteiger partial charge in [-0.1, -0.05) is 11.8 Å². The van der Waals surface area contributed by atoms with Gasteiger partial charge in [-0.2, -0.15) is 0 Å². The standard InChI is InChI=1S/C21H21FN4O4S2/c1-4-30-20(29)16-11(2)17(18(28)23-3)32-19(16)26-15(27)10-31-21-24-9-14(25-21)12-5-7-13(22)8-6-12/h5-9H,4,10H2,1-3H3,(H,23,28)(H,24,25)(H,26,27). The minimum absolute atomic E-state index is 0.0187. The largest absolute Gasteiger partial charge is 0.462 e. The lowest BCUT2D eigenvalue weighted by Crippen LogP contribution is -2.18. The van der Waals surface area contributed by atoms with E-state index in [1.54, 1.807) is 32.2 Å². The number of esters is 1. The second kappa shape index (κ2) is 10.4. The number of rotatable bonds is 8. The maximum atomic E-state index is 13.1. The number of aromatic nitrogens is 2. The number of nitrogens with zero attached hydrogens (tertiary/aromatic N) is 1. The molecule has 0 saturated heterocycles. The number of ether oxygens (including phenoxy) is 1. The van der Waals surface area contributed by atoms with Crippen LogP contribution in [0.3, 0.4) is 0 Å². The van der Waals surface area contributed by atoms with Crippen LogP contribution in [0.2, 0.25) is 0 Å². The van der Waals surface area contributed by atoms with E-state index in [1.807, 2.05) is 0 Å². The van der Waals surface area contributed by atoms with E-state index < -0.39 is 5.97 Å². The monoisotopic (exact) mass is 476 g/mol. The number of imidazole rings is 1. The van der Waals surface area contributed by atoms with Crippen LogP contribution in [-0.4, -0.2) is 47.2 Å². The molecule has 0 fully saturated rings. The number of halogens is 1. The van der Waals surface area contributed by atoms with Crippen molar-refractivity contribution in [2.45, 2.75) is 19.0 Å². The molecule has 0 bridgehead atoms. The Labute approximate surface area is 192 Å². The summed E-state index contributed by atoms with van der Waals surface area (Å²) in [6, 6.07) is 5.97. The average molecular weight is 477 g/mol. The lowest BCUT2D eigenvalue weighted by molar-refractivity contribution is -0.113. The number of thiophene rings is 1. The molecule has 2 heterocycles. The molecule has 0 spiro atoms. The summed E-state index contributed by atoms with van der Waals surface area (Å²) in [4.78, 5) is 44.7. The minimum atomic E-state index is -0.602. The number of amides is 2. The van der Waals surface area contributed by atoms with Gasteiger partial charge in [0.05, 0.1) is 34.7 Å². The number of carbonyl (C=O) groups excluding carboxylic acids is 3. The van der Waals surface area contributed by atoms with Crippen molar-refractivity contribution in [1.29, 1.82) is 0 Å². The summed E-state index contributed by atoms with van der Waals surface area (Å²) < 4.78 is 18.2. The topological polar surface area (TPSA) is 113 Å². The Morgan fingerprint density at radius 3 is 2.62 bits per heavy atom. The molecule has 0 aliphatic rings. The van der Waals surface area contributed by atoms with Gasteiger partial charge >= 0.3 is 5.97 Å². The molecule has 2 aromatic heterocycles. The molecule has 0 saturated carbocycles. The zero-order valence-electron chi connectivity index (χ0n) is 17.6. The lowest BCUT2D eigenvalue weighted by atomic mass is 10.1. The third kappa shape index (κ3) is 5.35. The molecule has 168 valence electrons. The van der Waals surface area contributed by atoms with Crippen LogP contribution < -0.4 is 10.6 Å². The second-order valence-electron chi connectivity index (χ2n) is 6.51. The smallest absolute Gasteiger partial charge is 0.341 e. The highest BCUT2D eigenvalue weighted by Gasteiger charge is 2.26. The Bertz CT molecular complexity index is 1140. The van der Waals surface area contributed by atoms with Crippen LogP contribution in [-0.2, 0) is 9.53 Å². The molecule has 0 aliphatic heterocycles. The van der Waals surface area contributed by atoms with Crippen LogP contribution >= 0.6 is 23.1 Å². The van der Waals surface area contributed by atoms with Gasteiger partial charge in [-0.05, 0) is 49.2 Å². The quantitative estimate of drug-likeness (QED) is 0.336. The van der Waals surface area contributed by atoms with E-state index in [9.17, 15) is 18.8 Å². The number of anilines is 1. The molecule has 3 aromatic rings. The fraction of sp³-hybridized carbons (Fsp3) is 0.238. The molecule has 0 unspecified atom stereocenters. The van der Waals surface area contributed by atoms with Gasteiger partial charge in [-0.3, -0.25) is 9.59 Å².